The fraction of sp³-hybridized carbons (Fsp3) is 0.600. The molecule has 4 nitrogen and oxygen atoms in total. The third-order valence-corrected chi connectivity index (χ3v) is 2.79. The van der Waals surface area contributed by atoms with Crippen LogP contribution < -0.4 is 5.56 Å². The number of esters is 1. The maximum absolute atomic E-state index is 11.6. The second-order valence-electron chi connectivity index (χ2n) is 5.87. The molecule has 0 aliphatic rings. The van der Waals surface area contributed by atoms with Crippen LogP contribution in [0.1, 0.15) is 44.7 Å². The van der Waals surface area contributed by atoms with Gasteiger partial charge < -0.3 is 9.30 Å². The summed E-state index contributed by atoms with van der Waals surface area (Å²) in [7, 11) is 1.74. The number of aryl methyl sites for hydroxylation is 3. The average molecular weight is 265 g/mol. The molecule has 4 heteroatoms. The number of aromatic nitrogens is 1. The van der Waals surface area contributed by atoms with Crippen molar-refractivity contribution in [3.05, 3.63) is 33.7 Å². The van der Waals surface area contributed by atoms with Gasteiger partial charge in [0, 0.05) is 25.7 Å². The van der Waals surface area contributed by atoms with Gasteiger partial charge in [-0.25, -0.2) is 0 Å². The molecule has 106 valence electrons. The minimum absolute atomic E-state index is 0.00612. The predicted molar refractivity (Wildman–Crippen MR) is 75.2 cm³/mol. The molecule has 0 N–H and O–H groups in total. The standard InChI is InChI=1S/C15H23NO3/c1-11-9-13(17)16(5)10-12(11)7-6-8-14(18)19-15(2,3)4/h9-10H,6-8H2,1-5H3. The van der Waals surface area contributed by atoms with Crippen molar-refractivity contribution in [2.24, 2.45) is 7.05 Å². The van der Waals surface area contributed by atoms with Crippen molar-refractivity contribution in [3.8, 4) is 0 Å². The smallest absolute Gasteiger partial charge is 0.306 e. The number of hydrogen-bond acceptors (Lipinski definition) is 3. The average Bonchev–Trinajstić information content (AvgIpc) is 2.22. The molecular formula is C15H23NO3. The first-order valence-corrected chi connectivity index (χ1v) is 6.57. The Morgan fingerprint density at radius 2 is 2.00 bits per heavy atom. The van der Waals surface area contributed by atoms with Gasteiger partial charge >= 0.3 is 5.97 Å². The maximum Gasteiger partial charge on any atom is 0.306 e. The third-order valence-electron chi connectivity index (χ3n) is 2.79. The highest BCUT2D eigenvalue weighted by atomic mass is 16.6. The minimum atomic E-state index is -0.427. The molecule has 0 atom stereocenters. The molecule has 0 spiro atoms. The Balaban J connectivity index is 2.52. The van der Waals surface area contributed by atoms with E-state index in [0.717, 1.165) is 24.0 Å². The van der Waals surface area contributed by atoms with E-state index in [1.54, 1.807) is 17.7 Å². The SMILES string of the molecule is Cc1cc(=O)n(C)cc1CCCC(=O)OC(C)(C)C. The summed E-state index contributed by atoms with van der Waals surface area (Å²) in [6.07, 6.45) is 3.75. The molecule has 0 fully saturated rings. The van der Waals surface area contributed by atoms with E-state index >= 15 is 0 Å². The molecule has 0 radical (unpaired) electrons. The van der Waals surface area contributed by atoms with Crippen molar-refractivity contribution >= 4 is 5.97 Å². The second kappa shape index (κ2) is 6.04. The van der Waals surface area contributed by atoms with Gasteiger partial charge in [0.15, 0.2) is 0 Å². The molecule has 0 saturated heterocycles. The highest BCUT2D eigenvalue weighted by Crippen LogP contribution is 2.12. The monoisotopic (exact) mass is 265 g/mol. The normalized spacial score (nSPS) is 11.4. The Labute approximate surface area is 114 Å². The van der Waals surface area contributed by atoms with Gasteiger partial charge in [-0.1, -0.05) is 0 Å². The van der Waals surface area contributed by atoms with Gasteiger partial charge in [-0.05, 0) is 51.7 Å². The predicted octanol–water partition coefficient (Wildman–Crippen LogP) is 2.36. The molecule has 1 rings (SSSR count). The van der Waals surface area contributed by atoms with E-state index in [0.29, 0.717) is 6.42 Å². The van der Waals surface area contributed by atoms with Gasteiger partial charge in [0.25, 0.3) is 5.56 Å². The van der Waals surface area contributed by atoms with E-state index in [-0.39, 0.29) is 11.5 Å². The fourth-order valence-corrected chi connectivity index (χ4v) is 1.86. The number of hydrogen-bond donors (Lipinski definition) is 0. The molecule has 1 aromatic heterocycles. The van der Waals surface area contributed by atoms with Gasteiger partial charge in [-0.2, -0.15) is 0 Å². The topological polar surface area (TPSA) is 48.3 Å². The highest BCUT2D eigenvalue weighted by Gasteiger charge is 2.15. The molecule has 1 aromatic rings. The Morgan fingerprint density at radius 1 is 1.37 bits per heavy atom. The van der Waals surface area contributed by atoms with E-state index in [9.17, 15) is 9.59 Å². The summed E-state index contributed by atoms with van der Waals surface area (Å²) in [4.78, 5) is 23.0. The van der Waals surface area contributed by atoms with Crippen LogP contribution in [-0.4, -0.2) is 16.1 Å². The molecule has 0 unspecified atom stereocenters. The second-order valence-corrected chi connectivity index (χ2v) is 5.87. The Hall–Kier alpha value is -1.58. The number of carbonyl (C=O) groups is 1. The quantitative estimate of drug-likeness (QED) is 0.785. The zero-order valence-electron chi connectivity index (χ0n) is 12.4. The van der Waals surface area contributed by atoms with Crippen molar-refractivity contribution in [1.29, 1.82) is 0 Å². The molecule has 0 saturated carbocycles. The number of rotatable bonds is 4. The van der Waals surface area contributed by atoms with Crippen LogP contribution in [-0.2, 0) is 23.0 Å². The zero-order valence-corrected chi connectivity index (χ0v) is 12.4. The van der Waals surface area contributed by atoms with Crippen molar-refractivity contribution in [3.63, 3.8) is 0 Å². The largest absolute Gasteiger partial charge is 0.460 e. The first kappa shape index (κ1) is 15.5. The van der Waals surface area contributed by atoms with Gasteiger partial charge in [0.05, 0.1) is 0 Å². The number of nitrogens with zero attached hydrogens (tertiary/aromatic N) is 1. The first-order valence-electron chi connectivity index (χ1n) is 6.57. The molecular weight excluding hydrogens is 242 g/mol. The van der Waals surface area contributed by atoms with Crippen LogP contribution in [0.15, 0.2) is 17.1 Å². The molecule has 19 heavy (non-hydrogen) atoms. The summed E-state index contributed by atoms with van der Waals surface area (Å²) in [6.45, 7) is 7.51. The molecule has 0 amide bonds. The van der Waals surface area contributed by atoms with Crippen LogP contribution in [0, 0.1) is 6.92 Å². The molecule has 0 aliphatic heterocycles. The summed E-state index contributed by atoms with van der Waals surface area (Å²) in [6, 6.07) is 1.63. The van der Waals surface area contributed by atoms with Crippen molar-refractivity contribution in [1.82, 2.24) is 4.57 Å². The van der Waals surface area contributed by atoms with E-state index in [1.165, 1.54) is 0 Å². The van der Waals surface area contributed by atoms with E-state index in [1.807, 2.05) is 33.9 Å². The van der Waals surface area contributed by atoms with Gasteiger partial charge in [0.2, 0.25) is 0 Å². The van der Waals surface area contributed by atoms with E-state index in [4.69, 9.17) is 4.74 Å². The van der Waals surface area contributed by atoms with Gasteiger partial charge in [-0.3, -0.25) is 9.59 Å². The first-order chi connectivity index (χ1) is 8.69. The number of pyridine rings is 1. The van der Waals surface area contributed by atoms with Crippen LogP contribution in [0.25, 0.3) is 0 Å². The lowest BCUT2D eigenvalue weighted by atomic mass is 10.1. The fourth-order valence-electron chi connectivity index (χ4n) is 1.86. The lowest BCUT2D eigenvalue weighted by Gasteiger charge is -2.19. The Morgan fingerprint density at radius 3 is 2.58 bits per heavy atom. The summed E-state index contributed by atoms with van der Waals surface area (Å²) in [5.74, 6) is -0.171. The Kier molecular flexibility index (Phi) is 4.92. The highest BCUT2D eigenvalue weighted by molar-refractivity contribution is 5.69. The molecule has 0 bridgehead atoms. The maximum atomic E-state index is 11.6. The van der Waals surface area contributed by atoms with Crippen molar-refractivity contribution < 1.29 is 9.53 Å². The molecule has 1 heterocycles. The van der Waals surface area contributed by atoms with Gasteiger partial charge in [0.1, 0.15) is 5.60 Å². The molecule has 0 aromatic carbocycles. The zero-order chi connectivity index (χ0) is 14.6. The van der Waals surface area contributed by atoms with Crippen LogP contribution in [0.3, 0.4) is 0 Å². The van der Waals surface area contributed by atoms with Crippen LogP contribution in [0.2, 0.25) is 0 Å². The summed E-state index contributed by atoms with van der Waals surface area (Å²) in [5, 5.41) is 0. The minimum Gasteiger partial charge on any atom is -0.460 e. The third kappa shape index (κ3) is 5.28. The summed E-state index contributed by atoms with van der Waals surface area (Å²) < 4.78 is 6.82. The lowest BCUT2D eigenvalue weighted by molar-refractivity contribution is -0.154. The molecule has 0 aliphatic carbocycles. The van der Waals surface area contributed by atoms with Crippen LogP contribution in [0.5, 0.6) is 0 Å². The van der Waals surface area contributed by atoms with E-state index < -0.39 is 5.60 Å². The number of ether oxygens (including phenoxy) is 1. The number of carbonyl (C=O) groups excluding carboxylic acids is 1. The van der Waals surface area contributed by atoms with Crippen LogP contribution in [0.4, 0.5) is 0 Å². The summed E-state index contributed by atoms with van der Waals surface area (Å²) in [5.41, 5.74) is 1.65. The Bertz CT molecular complexity index is 509. The van der Waals surface area contributed by atoms with Gasteiger partial charge in [-0.15, -0.1) is 0 Å². The van der Waals surface area contributed by atoms with Crippen LogP contribution >= 0.6 is 0 Å². The lowest BCUT2D eigenvalue weighted by Crippen LogP contribution is -2.23. The summed E-state index contributed by atoms with van der Waals surface area (Å²) >= 11 is 0. The van der Waals surface area contributed by atoms with Crippen molar-refractivity contribution in [2.45, 2.75) is 52.6 Å². The van der Waals surface area contributed by atoms with E-state index in [2.05, 4.69) is 0 Å². The van der Waals surface area contributed by atoms with Crippen molar-refractivity contribution in [2.75, 3.05) is 0 Å².